The highest BCUT2D eigenvalue weighted by molar-refractivity contribution is 5.98. The maximum absolute atomic E-state index is 13.1. The Bertz CT molecular complexity index is 841. The molecule has 3 heterocycles. The molecule has 8 heteroatoms. The molecule has 2 aliphatic heterocycles. The van der Waals surface area contributed by atoms with Crippen LogP contribution in [-0.2, 0) is 0 Å². The molecule has 1 atom stereocenters. The zero-order valence-corrected chi connectivity index (χ0v) is 16.1. The van der Waals surface area contributed by atoms with E-state index in [4.69, 9.17) is 14.2 Å². The van der Waals surface area contributed by atoms with Crippen LogP contribution in [0.1, 0.15) is 23.2 Å². The molecule has 148 valence electrons. The molecule has 0 bridgehead atoms. The number of nitrogens with zero attached hydrogens (tertiary/aromatic N) is 4. The second-order valence-corrected chi connectivity index (χ2v) is 7.09. The van der Waals surface area contributed by atoms with Crippen LogP contribution in [0.25, 0.3) is 0 Å². The lowest BCUT2D eigenvalue weighted by Gasteiger charge is -2.33. The van der Waals surface area contributed by atoms with Gasteiger partial charge in [0.15, 0.2) is 17.3 Å². The topological polar surface area (TPSA) is 77.0 Å². The van der Waals surface area contributed by atoms with Gasteiger partial charge in [-0.1, -0.05) is 6.07 Å². The van der Waals surface area contributed by atoms with Gasteiger partial charge in [-0.15, -0.1) is 10.2 Å². The van der Waals surface area contributed by atoms with Crippen molar-refractivity contribution < 1.29 is 19.0 Å². The van der Waals surface area contributed by atoms with Crippen LogP contribution < -0.4 is 19.1 Å². The Labute approximate surface area is 164 Å². The SMILES string of the molecule is CN(C)c1ccc(OC2CCCN(C(=O)c3cccc4c3OCCO4)C2)nn1. The fourth-order valence-electron chi connectivity index (χ4n) is 3.42. The van der Waals surface area contributed by atoms with E-state index >= 15 is 0 Å². The third-order valence-electron chi connectivity index (χ3n) is 4.83. The summed E-state index contributed by atoms with van der Waals surface area (Å²) in [6.45, 7) is 2.14. The number of ether oxygens (including phenoxy) is 3. The minimum absolute atomic E-state index is 0.0651. The summed E-state index contributed by atoms with van der Waals surface area (Å²) < 4.78 is 17.3. The molecule has 8 nitrogen and oxygen atoms in total. The Kier molecular flexibility index (Phi) is 5.18. The van der Waals surface area contributed by atoms with Crippen LogP contribution in [0.2, 0.25) is 0 Å². The fourth-order valence-corrected chi connectivity index (χ4v) is 3.42. The molecule has 0 radical (unpaired) electrons. The van der Waals surface area contributed by atoms with Crippen molar-refractivity contribution in [1.82, 2.24) is 15.1 Å². The summed E-state index contributed by atoms with van der Waals surface area (Å²) in [5, 5.41) is 8.26. The van der Waals surface area contributed by atoms with E-state index in [2.05, 4.69) is 10.2 Å². The number of hydrogen-bond donors (Lipinski definition) is 0. The molecule has 2 aliphatic rings. The standard InChI is InChI=1S/C20H24N4O4/c1-23(2)17-8-9-18(22-21-17)28-14-5-4-10-24(13-14)20(25)15-6-3-7-16-19(15)27-12-11-26-16/h3,6-9,14H,4-5,10-13H2,1-2H3. The van der Waals surface area contributed by atoms with E-state index in [1.807, 2.05) is 48.2 Å². The summed E-state index contributed by atoms with van der Waals surface area (Å²) in [6.07, 6.45) is 1.62. The molecule has 1 aromatic heterocycles. The minimum atomic E-state index is -0.117. The van der Waals surface area contributed by atoms with Gasteiger partial charge in [0.05, 0.1) is 12.1 Å². The van der Waals surface area contributed by atoms with E-state index in [1.165, 1.54) is 0 Å². The van der Waals surface area contributed by atoms with E-state index in [-0.39, 0.29) is 12.0 Å². The third kappa shape index (κ3) is 3.81. The Morgan fingerprint density at radius 3 is 2.82 bits per heavy atom. The predicted molar refractivity (Wildman–Crippen MR) is 103 cm³/mol. The third-order valence-corrected chi connectivity index (χ3v) is 4.83. The van der Waals surface area contributed by atoms with Crippen molar-refractivity contribution >= 4 is 11.7 Å². The number of para-hydroxylation sites is 1. The van der Waals surface area contributed by atoms with Gasteiger partial charge in [-0.25, -0.2) is 0 Å². The Hall–Kier alpha value is -3.03. The molecule has 0 saturated carbocycles. The van der Waals surface area contributed by atoms with Crippen molar-refractivity contribution in [3.05, 3.63) is 35.9 Å². The average Bonchev–Trinajstić information content (AvgIpc) is 2.73. The van der Waals surface area contributed by atoms with Crippen molar-refractivity contribution in [2.75, 3.05) is 45.3 Å². The first-order chi connectivity index (χ1) is 13.6. The quantitative estimate of drug-likeness (QED) is 0.798. The Morgan fingerprint density at radius 1 is 1.18 bits per heavy atom. The summed E-state index contributed by atoms with van der Waals surface area (Å²) in [5.74, 6) is 2.33. The molecule has 1 saturated heterocycles. The molecule has 0 N–H and O–H groups in total. The van der Waals surface area contributed by atoms with Crippen LogP contribution in [-0.4, -0.2) is 67.5 Å². The number of hydrogen-bond acceptors (Lipinski definition) is 7. The van der Waals surface area contributed by atoms with Gasteiger partial charge in [0.25, 0.3) is 5.91 Å². The second kappa shape index (κ2) is 7.92. The number of piperidine rings is 1. The number of carbonyl (C=O) groups is 1. The smallest absolute Gasteiger partial charge is 0.257 e. The molecule has 1 fully saturated rings. The van der Waals surface area contributed by atoms with Gasteiger partial charge in [-0.05, 0) is 31.0 Å². The lowest BCUT2D eigenvalue weighted by molar-refractivity contribution is 0.0518. The summed E-state index contributed by atoms with van der Waals surface area (Å²) in [4.78, 5) is 16.8. The van der Waals surface area contributed by atoms with E-state index in [0.29, 0.717) is 49.2 Å². The summed E-state index contributed by atoms with van der Waals surface area (Å²) in [7, 11) is 3.82. The summed E-state index contributed by atoms with van der Waals surface area (Å²) in [5.41, 5.74) is 0.535. The average molecular weight is 384 g/mol. The van der Waals surface area contributed by atoms with Crippen LogP contribution >= 0.6 is 0 Å². The highest BCUT2D eigenvalue weighted by Crippen LogP contribution is 2.34. The first kappa shape index (κ1) is 18.3. The molecule has 1 amide bonds. The lowest BCUT2D eigenvalue weighted by atomic mass is 10.1. The zero-order valence-electron chi connectivity index (χ0n) is 16.1. The normalized spacial score (nSPS) is 18.5. The number of benzene rings is 1. The fraction of sp³-hybridized carbons (Fsp3) is 0.450. The minimum Gasteiger partial charge on any atom is -0.486 e. The largest absolute Gasteiger partial charge is 0.486 e. The monoisotopic (exact) mass is 384 g/mol. The van der Waals surface area contributed by atoms with Crippen LogP contribution in [0.15, 0.2) is 30.3 Å². The maximum Gasteiger partial charge on any atom is 0.257 e. The van der Waals surface area contributed by atoms with E-state index in [0.717, 1.165) is 18.7 Å². The Morgan fingerprint density at radius 2 is 2.04 bits per heavy atom. The molecule has 1 aromatic carbocycles. The molecule has 28 heavy (non-hydrogen) atoms. The first-order valence-corrected chi connectivity index (χ1v) is 9.47. The Balaban J connectivity index is 1.44. The number of likely N-dealkylation sites (tertiary alicyclic amines) is 1. The van der Waals surface area contributed by atoms with Crippen molar-refractivity contribution in [3.8, 4) is 17.4 Å². The van der Waals surface area contributed by atoms with Crippen molar-refractivity contribution in [1.29, 1.82) is 0 Å². The second-order valence-electron chi connectivity index (χ2n) is 7.09. The van der Waals surface area contributed by atoms with Crippen LogP contribution in [0, 0.1) is 0 Å². The van der Waals surface area contributed by atoms with Gasteiger partial charge in [-0.3, -0.25) is 4.79 Å². The molecule has 1 unspecified atom stereocenters. The molecular weight excluding hydrogens is 360 g/mol. The molecule has 0 spiro atoms. The zero-order chi connectivity index (χ0) is 19.5. The van der Waals surface area contributed by atoms with Crippen molar-refractivity contribution in [3.63, 3.8) is 0 Å². The number of anilines is 1. The number of fused-ring (bicyclic) bond motifs is 1. The highest BCUT2D eigenvalue weighted by atomic mass is 16.6. The van der Waals surface area contributed by atoms with Gasteiger partial charge in [0.2, 0.25) is 5.88 Å². The van der Waals surface area contributed by atoms with Crippen LogP contribution in [0.4, 0.5) is 5.82 Å². The molecular formula is C20H24N4O4. The van der Waals surface area contributed by atoms with Gasteiger partial charge < -0.3 is 24.0 Å². The van der Waals surface area contributed by atoms with E-state index in [1.54, 1.807) is 6.07 Å². The van der Waals surface area contributed by atoms with Gasteiger partial charge in [-0.2, -0.15) is 0 Å². The predicted octanol–water partition coefficient (Wildman–Crippen LogP) is 2.00. The van der Waals surface area contributed by atoms with Crippen LogP contribution in [0.3, 0.4) is 0 Å². The number of amides is 1. The molecule has 0 aliphatic carbocycles. The maximum atomic E-state index is 13.1. The molecule has 2 aromatic rings. The number of rotatable bonds is 4. The van der Waals surface area contributed by atoms with Gasteiger partial charge in [0, 0.05) is 26.7 Å². The summed E-state index contributed by atoms with van der Waals surface area (Å²) in [6, 6.07) is 9.10. The first-order valence-electron chi connectivity index (χ1n) is 9.47. The highest BCUT2D eigenvalue weighted by Gasteiger charge is 2.29. The lowest BCUT2D eigenvalue weighted by Crippen LogP contribution is -2.44. The number of aromatic nitrogens is 2. The van der Waals surface area contributed by atoms with Crippen molar-refractivity contribution in [2.45, 2.75) is 18.9 Å². The van der Waals surface area contributed by atoms with Gasteiger partial charge >= 0.3 is 0 Å². The number of carbonyl (C=O) groups excluding carboxylic acids is 1. The van der Waals surface area contributed by atoms with E-state index in [9.17, 15) is 4.79 Å². The van der Waals surface area contributed by atoms with Crippen molar-refractivity contribution in [2.24, 2.45) is 0 Å². The van der Waals surface area contributed by atoms with E-state index < -0.39 is 0 Å². The molecule has 4 rings (SSSR count). The van der Waals surface area contributed by atoms with Crippen LogP contribution in [0.5, 0.6) is 17.4 Å². The van der Waals surface area contributed by atoms with Gasteiger partial charge in [0.1, 0.15) is 19.3 Å². The summed E-state index contributed by atoms with van der Waals surface area (Å²) >= 11 is 0.